The lowest BCUT2D eigenvalue weighted by Gasteiger charge is -2.34. The fourth-order valence-electron chi connectivity index (χ4n) is 4.07. The minimum absolute atomic E-state index is 0.00757. The fraction of sp³-hybridized carbons (Fsp3) is 0.500. The van der Waals surface area contributed by atoms with Crippen molar-refractivity contribution in [1.82, 2.24) is 9.80 Å². The number of rotatable bonds is 5. The zero-order valence-corrected chi connectivity index (χ0v) is 17.1. The van der Waals surface area contributed by atoms with E-state index in [0.717, 1.165) is 29.7 Å². The van der Waals surface area contributed by atoms with Gasteiger partial charge < -0.3 is 5.32 Å². The number of aryl methyl sites for hydroxylation is 1. The van der Waals surface area contributed by atoms with Crippen molar-refractivity contribution in [3.05, 3.63) is 33.4 Å². The summed E-state index contributed by atoms with van der Waals surface area (Å²) in [7, 11) is 0. The summed E-state index contributed by atoms with van der Waals surface area (Å²) in [5, 5.41) is 13.7. The maximum Gasteiger partial charge on any atom is 0.334 e. The third-order valence-electron chi connectivity index (χ3n) is 5.96. The number of imide groups is 2. The molecule has 0 bridgehead atoms. The van der Waals surface area contributed by atoms with E-state index in [2.05, 4.69) is 5.32 Å². The number of nitrogens with one attached hydrogen (secondary N) is 1. The average molecular weight is 416 g/mol. The molecule has 5 amide bonds. The SMILES string of the molecule is Cc1ccc([N+](=O)[O-])c(NC(=O)CN2C(=O)C(=O)N([C@@H]3CCCC[C@@H]3C)C2=O)c1C. The molecule has 1 N–H and O–H groups in total. The van der Waals surface area contributed by atoms with E-state index in [-0.39, 0.29) is 23.3 Å². The van der Waals surface area contributed by atoms with Gasteiger partial charge in [0.2, 0.25) is 5.91 Å². The van der Waals surface area contributed by atoms with Gasteiger partial charge in [-0.25, -0.2) is 9.69 Å². The fourth-order valence-corrected chi connectivity index (χ4v) is 4.07. The molecule has 1 aromatic carbocycles. The van der Waals surface area contributed by atoms with Crippen LogP contribution in [0.4, 0.5) is 16.2 Å². The molecule has 30 heavy (non-hydrogen) atoms. The summed E-state index contributed by atoms with van der Waals surface area (Å²) in [6, 6.07) is 1.67. The van der Waals surface area contributed by atoms with Gasteiger partial charge in [-0.3, -0.25) is 29.4 Å². The summed E-state index contributed by atoms with van der Waals surface area (Å²) in [6.07, 6.45) is 3.34. The quantitative estimate of drug-likeness (QED) is 0.340. The Balaban J connectivity index is 1.78. The maximum absolute atomic E-state index is 12.8. The largest absolute Gasteiger partial charge is 0.334 e. The first-order chi connectivity index (χ1) is 14.1. The van der Waals surface area contributed by atoms with E-state index < -0.39 is 35.2 Å². The number of hydrogen-bond acceptors (Lipinski definition) is 6. The zero-order chi connectivity index (χ0) is 22.2. The molecule has 3 rings (SSSR count). The highest BCUT2D eigenvalue weighted by molar-refractivity contribution is 6.45. The molecule has 1 saturated heterocycles. The molecule has 2 fully saturated rings. The number of urea groups is 1. The van der Waals surface area contributed by atoms with E-state index in [1.165, 1.54) is 6.07 Å². The lowest BCUT2D eigenvalue weighted by molar-refractivity contribution is -0.384. The van der Waals surface area contributed by atoms with Crippen molar-refractivity contribution in [3.8, 4) is 0 Å². The highest BCUT2D eigenvalue weighted by Gasteiger charge is 2.49. The number of benzene rings is 1. The summed E-state index contributed by atoms with van der Waals surface area (Å²) in [5.74, 6) is -2.70. The van der Waals surface area contributed by atoms with Crippen LogP contribution in [0, 0.1) is 29.9 Å². The Morgan fingerprint density at radius 1 is 1.17 bits per heavy atom. The second kappa shape index (κ2) is 8.21. The summed E-state index contributed by atoms with van der Waals surface area (Å²) in [6.45, 7) is 4.61. The molecule has 1 heterocycles. The molecule has 0 radical (unpaired) electrons. The highest BCUT2D eigenvalue weighted by Crippen LogP contribution is 2.32. The molecule has 10 heteroatoms. The first kappa shape index (κ1) is 21.4. The van der Waals surface area contributed by atoms with E-state index in [9.17, 15) is 29.3 Å². The van der Waals surface area contributed by atoms with Crippen molar-refractivity contribution in [2.24, 2.45) is 5.92 Å². The van der Waals surface area contributed by atoms with Crippen LogP contribution in [-0.4, -0.2) is 51.1 Å². The number of nitro benzene ring substituents is 1. The minimum atomic E-state index is -1.05. The Labute approximate surface area is 173 Å². The molecule has 0 aromatic heterocycles. The Bertz CT molecular complexity index is 943. The third-order valence-corrected chi connectivity index (χ3v) is 5.96. The van der Waals surface area contributed by atoms with E-state index in [4.69, 9.17) is 0 Å². The molecule has 1 aromatic rings. The van der Waals surface area contributed by atoms with Crippen LogP contribution < -0.4 is 5.32 Å². The number of carbonyl (C=O) groups is 4. The molecular formula is C20H24N4O6. The average Bonchev–Trinajstić information content (AvgIpc) is 2.89. The van der Waals surface area contributed by atoms with Gasteiger partial charge in [-0.05, 0) is 43.7 Å². The van der Waals surface area contributed by atoms with Crippen molar-refractivity contribution in [2.75, 3.05) is 11.9 Å². The van der Waals surface area contributed by atoms with Gasteiger partial charge >= 0.3 is 17.8 Å². The summed E-state index contributed by atoms with van der Waals surface area (Å²) < 4.78 is 0. The van der Waals surface area contributed by atoms with Gasteiger partial charge in [0, 0.05) is 12.1 Å². The molecule has 10 nitrogen and oxygen atoms in total. The predicted molar refractivity (Wildman–Crippen MR) is 107 cm³/mol. The first-order valence-corrected chi connectivity index (χ1v) is 9.87. The third kappa shape index (κ3) is 3.77. The number of hydrogen-bond donors (Lipinski definition) is 1. The lowest BCUT2D eigenvalue weighted by atomic mass is 9.85. The summed E-state index contributed by atoms with van der Waals surface area (Å²) in [4.78, 5) is 62.4. The smallest absolute Gasteiger partial charge is 0.319 e. The lowest BCUT2D eigenvalue weighted by Crippen LogP contribution is -2.46. The standard InChI is InChI=1S/C20H24N4O6/c1-11-8-9-15(24(29)30)17(13(11)3)21-16(25)10-22-18(26)19(27)23(20(22)28)14-7-5-4-6-12(14)2/h8-9,12,14H,4-7,10H2,1-3H3,(H,21,25)/t12-,14+/m0/s1. The molecule has 2 atom stereocenters. The van der Waals surface area contributed by atoms with Crippen LogP contribution in [0.1, 0.15) is 43.7 Å². The topological polar surface area (TPSA) is 130 Å². The van der Waals surface area contributed by atoms with E-state index in [1.807, 2.05) is 6.92 Å². The van der Waals surface area contributed by atoms with Crippen LogP contribution in [0.15, 0.2) is 12.1 Å². The van der Waals surface area contributed by atoms with Crippen molar-refractivity contribution < 1.29 is 24.1 Å². The molecular weight excluding hydrogens is 392 g/mol. The van der Waals surface area contributed by atoms with Crippen LogP contribution in [0.25, 0.3) is 0 Å². The van der Waals surface area contributed by atoms with Crippen molar-refractivity contribution in [1.29, 1.82) is 0 Å². The molecule has 0 spiro atoms. The van der Waals surface area contributed by atoms with Crippen LogP contribution in [0.2, 0.25) is 0 Å². The van der Waals surface area contributed by atoms with Crippen LogP contribution >= 0.6 is 0 Å². The molecule has 0 unspecified atom stereocenters. The highest BCUT2D eigenvalue weighted by atomic mass is 16.6. The number of amides is 5. The van der Waals surface area contributed by atoms with Crippen molar-refractivity contribution in [2.45, 2.75) is 52.5 Å². The Kier molecular flexibility index (Phi) is 5.86. The van der Waals surface area contributed by atoms with Crippen LogP contribution in [-0.2, 0) is 14.4 Å². The second-order valence-corrected chi connectivity index (χ2v) is 7.88. The Hall–Kier alpha value is -3.30. The second-order valence-electron chi connectivity index (χ2n) is 7.88. The maximum atomic E-state index is 12.8. The molecule has 1 aliphatic heterocycles. The van der Waals surface area contributed by atoms with E-state index >= 15 is 0 Å². The van der Waals surface area contributed by atoms with Crippen molar-refractivity contribution >= 4 is 35.1 Å². The number of nitrogens with zero attached hydrogens (tertiary/aromatic N) is 3. The Morgan fingerprint density at radius 2 is 1.83 bits per heavy atom. The van der Waals surface area contributed by atoms with Gasteiger partial charge in [0.25, 0.3) is 5.69 Å². The van der Waals surface area contributed by atoms with Gasteiger partial charge in [-0.1, -0.05) is 25.8 Å². The van der Waals surface area contributed by atoms with Crippen molar-refractivity contribution in [3.63, 3.8) is 0 Å². The van der Waals surface area contributed by atoms with E-state index in [1.54, 1.807) is 19.9 Å². The first-order valence-electron chi connectivity index (χ1n) is 9.87. The number of anilines is 1. The molecule has 1 aliphatic carbocycles. The molecule has 1 saturated carbocycles. The molecule has 2 aliphatic rings. The zero-order valence-electron chi connectivity index (χ0n) is 17.1. The number of nitro groups is 1. The monoisotopic (exact) mass is 416 g/mol. The summed E-state index contributed by atoms with van der Waals surface area (Å²) >= 11 is 0. The molecule has 160 valence electrons. The van der Waals surface area contributed by atoms with Gasteiger partial charge in [0.15, 0.2) is 0 Å². The van der Waals surface area contributed by atoms with Gasteiger partial charge in [-0.2, -0.15) is 0 Å². The van der Waals surface area contributed by atoms with Gasteiger partial charge in [-0.15, -0.1) is 0 Å². The predicted octanol–water partition coefficient (Wildman–Crippen LogP) is 2.52. The Morgan fingerprint density at radius 3 is 2.47 bits per heavy atom. The van der Waals surface area contributed by atoms with Gasteiger partial charge in [0.05, 0.1) is 4.92 Å². The number of carbonyl (C=O) groups excluding carboxylic acids is 4. The van der Waals surface area contributed by atoms with Gasteiger partial charge in [0.1, 0.15) is 12.2 Å². The normalized spacial score (nSPS) is 21.9. The van der Waals surface area contributed by atoms with Crippen LogP contribution in [0.5, 0.6) is 0 Å². The van der Waals surface area contributed by atoms with Crippen LogP contribution in [0.3, 0.4) is 0 Å². The minimum Gasteiger partial charge on any atom is -0.319 e. The summed E-state index contributed by atoms with van der Waals surface area (Å²) in [5.41, 5.74) is 0.953. The van der Waals surface area contributed by atoms with E-state index in [0.29, 0.717) is 16.9 Å².